The van der Waals surface area contributed by atoms with E-state index in [4.69, 9.17) is 15.0 Å². The fraction of sp³-hybridized carbons (Fsp3) is 0.0781. The molecule has 0 saturated heterocycles. The van der Waals surface area contributed by atoms with Crippen LogP contribution in [0.1, 0.15) is 47.9 Å². The second kappa shape index (κ2) is 16.9. The van der Waals surface area contributed by atoms with Crippen LogP contribution in [0.15, 0.2) is 248 Å². The summed E-state index contributed by atoms with van der Waals surface area (Å²) in [6.07, 6.45) is 15.4. The van der Waals surface area contributed by atoms with Gasteiger partial charge in [0.25, 0.3) is 0 Å². The molecule has 0 bridgehead atoms. The molecule has 69 heavy (non-hydrogen) atoms. The van der Waals surface area contributed by atoms with Crippen molar-refractivity contribution in [2.45, 2.75) is 31.1 Å². The molecule has 8 aromatic carbocycles. The number of nitrogens with zero attached hydrogens (tertiary/aromatic N) is 5. The van der Waals surface area contributed by atoms with Crippen LogP contribution in [0.5, 0.6) is 0 Å². The molecule has 1 heterocycles. The number of hydrogen-bond acceptors (Lipinski definition) is 5. The van der Waals surface area contributed by atoms with Crippen molar-refractivity contribution in [2.24, 2.45) is 0 Å². The van der Waals surface area contributed by atoms with Crippen LogP contribution in [0.3, 0.4) is 0 Å². The second-order valence-electron chi connectivity index (χ2n) is 18.1. The molecule has 328 valence electrons. The summed E-state index contributed by atoms with van der Waals surface area (Å²) in [6, 6.07) is 73.9. The van der Waals surface area contributed by atoms with Crippen molar-refractivity contribution in [2.75, 3.05) is 9.80 Å². The van der Waals surface area contributed by atoms with Crippen LogP contribution in [-0.4, -0.2) is 15.0 Å². The average molecular weight is 886 g/mol. The zero-order chi connectivity index (χ0) is 45.7. The van der Waals surface area contributed by atoms with Gasteiger partial charge in [0.2, 0.25) is 0 Å². The molecule has 4 aliphatic carbocycles. The third-order valence-electron chi connectivity index (χ3n) is 14.3. The zero-order valence-corrected chi connectivity index (χ0v) is 38.1. The quantitative estimate of drug-likeness (QED) is 0.144. The number of aromatic nitrogens is 3. The molecule has 5 nitrogen and oxygen atoms in total. The summed E-state index contributed by atoms with van der Waals surface area (Å²) in [6.45, 7) is 0. The number of benzene rings is 8. The van der Waals surface area contributed by atoms with Gasteiger partial charge >= 0.3 is 0 Å². The van der Waals surface area contributed by atoms with Crippen molar-refractivity contribution in [3.05, 3.63) is 270 Å². The van der Waals surface area contributed by atoms with Crippen molar-refractivity contribution in [3.8, 4) is 45.3 Å². The number of para-hydroxylation sites is 3. The van der Waals surface area contributed by atoms with Crippen molar-refractivity contribution in [1.29, 1.82) is 0 Å². The highest BCUT2D eigenvalue weighted by atomic mass is 15.2. The standard InChI is InChI=1S/C64H47N5/c1-5-19-47(20-6-1)68(48-21-7-2-8-22-48)51-38-33-44(34-39-51)61-65-62(45-35-40-52(41-36-45)69(49-23-9-3-10-24-49)50-25-11-4-12-26-50)67-63(66-61)46-37-42-56-55-29-15-18-32-59(55)64(60(56)43-46)57-30-16-13-27-53(57)54-28-14-17-31-58(54)64/h1-11,13,15-25,27,29-43H,12,14,26,28H2. The van der Waals surface area contributed by atoms with Gasteiger partial charge in [0.1, 0.15) is 0 Å². The van der Waals surface area contributed by atoms with Crippen molar-refractivity contribution in [1.82, 2.24) is 15.0 Å². The van der Waals surface area contributed by atoms with Gasteiger partial charge in [-0.3, -0.25) is 0 Å². The molecule has 1 unspecified atom stereocenters. The van der Waals surface area contributed by atoms with Crippen LogP contribution in [0.4, 0.5) is 28.4 Å². The first-order valence-corrected chi connectivity index (χ1v) is 24.1. The molecule has 9 aromatic rings. The van der Waals surface area contributed by atoms with Gasteiger partial charge in [-0.15, -0.1) is 0 Å². The topological polar surface area (TPSA) is 45.2 Å². The molecule has 1 atom stereocenters. The Balaban J connectivity index is 0.963. The van der Waals surface area contributed by atoms with Crippen LogP contribution < -0.4 is 9.80 Å². The molecular weight excluding hydrogens is 839 g/mol. The van der Waals surface area contributed by atoms with Crippen LogP contribution in [0, 0.1) is 0 Å². The summed E-state index contributed by atoms with van der Waals surface area (Å²) in [5, 5.41) is 0. The lowest BCUT2D eigenvalue weighted by Crippen LogP contribution is -2.27. The third-order valence-corrected chi connectivity index (χ3v) is 14.3. The molecule has 5 heteroatoms. The van der Waals surface area contributed by atoms with Crippen molar-refractivity contribution in [3.63, 3.8) is 0 Å². The maximum Gasteiger partial charge on any atom is 0.164 e. The molecule has 1 spiro atoms. The minimum atomic E-state index is -0.438. The number of fused-ring (bicyclic) bond motifs is 9. The Morgan fingerprint density at radius 1 is 0.377 bits per heavy atom. The molecule has 0 radical (unpaired) electrons. The molecule has 4 aliphatic rings. The molecule has 0 fully saturated rings. The van der Waals surface area contributed by atoms with E-state index in [1.54, 1.807) is 0 Å². The molecule has 0 aliphatic heterocycles. The molecule has 1 aromatic heterocycles. The molecule has 0 saturated carbocycles. The van der Waals surface area contributed by atoms with Crippen LogP contribution in [-0.2, 0) is 5.41 Å². The predicted molar refractivity (Wildman–Crippen MR) is 283 cm³/mol. The highest BCUT2D eigenvalue weighted by Gasteiger charge is 2.52. The summed E-state index contributed by atoms with van der Waals surface area (Å²) < 4.78 is 0. The summed E-state index contributed by atoms with van der Waals surface area (Å²) in [5.74, 6) is 1.88. The smallest absolute Gasteiger partial charge is 0.164 e. The van der Waals surface area contributed by atoms with Gasteiger partial charge < -0.3 is 9.80 Å². The Morgan fingerprint density at radius 2 is 0.841 bits per heavy atom. The van der Waals surface area contributed by atoms with E-state index in [2.05, 4.69) is 246 Å². The van der Waals surface area contributed by atoms with Gasteiger partial charge in [0.15, 0.2) is 17.5 Å². The lowest BCUT2D eigenvalue weighted by Gasteiger charge is -2.32. The average Bonchev–Trinajstić information content (AvgIpc) is 3.90. The van der Waals surface area contributed by atoms with E-state index >= 15 is 0 Å². The van der Waals surface area contributed by atoms with E-state index < -0.39 is 5.41 Å². The van der Waals surface area contributed by atoms with Gasteiger partial charge in [-0.1, -0.05) is 140 Å². The minimum absolute atomic E-state index is 0.438. The van der Waals surface area contributed by atoms with E-state index in [1.807, 2.05) is 0 Å². The monoisotopic (exact) mass is 885 g/mol. The summed E-state index contributed by atoms with van der Waals surface area (Å²) in [5.41, 5.74) is 19.7. The van der Waals surface area contributed by atoms with Gasteiger partial charge in [-0.05, 0) is 167 Å². The van der Waals surface area contributed by atoms with E-state index in [0.29, 0.717) is 17.5 Å². The Labute approximate surface area is 403 Å². The molecule has 0 amide bonds. The first-order valence-electron chi connectivity index (χ1n) is 24.1. The minimum Gasteiger partial charge on any atom is -0.314 e. The lowest BCUT2D eigenvalue weighted by atomic mass is 9.69. The van der Waals surface area contributed by atoms with Crippen molar-refractivity contribution >= 4 is 34.0 Å². The number of anilines is 5. The normalized spacial score (nSPS) is 16.1. The summed E-state index contributed by atoms with van der Waals surface area (Å²) in [7, 11) is 0. The Morgan fingerprint density at radius 3 is 1.43 bits per heavy atom. The maximum atomic E-state index is 5.37. The third kappa shape index (κ3) is 6.80. The highest BCUT2D eigenvalue weighted by molar-refractivity contribution is 5.97. The van der Waals surface area contributed by atoms with Crippen LogP contribution in [0.25, 0.3) is 50.9 Å². The number of rotatable bonds is 9. The fourth-order valence-corrected chi connectivity index (χ4v) is 11.2. The maximum absolute atomic E-state index is 5.37. The fourth-order valence-electron chi connectivity index (χ4n) is 11.2. The highest BCUT2D eigenvalue weighted by Crippen LogP contribution is 2.63. The second-order valence-corrected chi connectivity index (χ2v) is 18.1. The van der Waals surface area contributed by atoms with E-state index in [0.717, 1.165) is 70.8 Å². The first kappa shape index (κ1) is 40.6. The SMILES string of the molecule is C1=CCCC(N(c2ccccc2)c2ccc(-c3nc(-c4ccc(N(c5ccccc5)c5ccccc5)cc4)nc(-c4ccc5c(c4)C4(C6=C(CCC=C6)c6ccccc64)c4ccccc4-5)n3)cc2)=C1. The van der Waals surface area contributed by atoms with E-state index in [-0.39, 0.29) is 0 Å². The lowest BCUT2D eigenvalue weighted by molar-refractivity contribution is 0.780. The molecule has 0 N–H and O–H groups in total. The van der Waals surface area contributed by atoms with Gasteiger partial charge in [-0.2, -0.15) is 0 Å². The zero-order valence-electron chi connectivity index (χ0n) is 38.1. The van der Waals surface area contributed by atoms with Crippen LogP contribution >= 0.6 is 0 Å². The largest absolute Gasteiger partial charge is 0.314 e. The van der Waals surface area contributed by atoms with E-state index in [1.165, 1.54) is 50.2 Å². The van der Waals surface area contributed by atoms with Gasteiger partial charge in [0, 0.05) is 50.8 Å². The van der Waals surface area contributed by atoms with Gasteiger partial charge in [0.05, 0.1) is 5.41 Å². The van der Waals surface area contributed by atoms with E-state index in [9.17, 15) is 0 Å². The molecular formula is C64H47N5. The Bertz CT molecular complexity index is 3500. The Hall–Kier alpha value is -8.67. The number of hydrogen-bond donors (Lipinski definition) is 0. The number of allylic oxidation sites excluding steroid dienone is 8. The summed E-state index contributed by atoms with van der Waals surface area (Å²) >= 11 is 0. The molecule has 13 rings (SSSR count). The van der Waals surface area contributed by atoms with Crippen LogP contribution in [0.2, 0.25) is 0 Å². The Kier molecular flexibility index (Phi) is 9.94. The summed E-state index contributed by atoms with van der Waals surface area (Å²) in [4.78, 5) is 20.7. The van der Waals surface area contributed by atoms with Gasteiger partial charge in [-0.25, -0.2) is 15.0 Å². The van der Waals surface area contributed by atoms with Crippen molar-refractivity contribution < 1.29 is 0 Å². The first-order chi connectivity index (χ1) is 34.2. The predicted octanol–water partition coefficient (Wildman–Crippen LogP) is 16.1.